The number of methoxy groups -OCH3 is 1. The molecule has 1 unspecified atom stereocenters. The molecule has 1 aliphatic rings. The van der Waals surface area contributed by atoms with Crippen molar-refractivity contribution in [3.05, 3.63) is 63.6 Å². The summed E-state index contributed by atoms with van der Waals surface area (Å²) in [5, 5.41) is 0. The number of halogens is 3. The highest BCUT2D eigenvalue weighted by Gasteiger charge is 2.43. The predicted molar refractivity (Wildman–Crippen MR) is 92.2 cm³/mol. The Morgan fingerprint density at radius 3 is 2.35 bits per heavy atom. The fourth-order valence-electron chi connectivity index (χ4n) is 2.78. The largest absolute Gasteiger partial charge is 0.496 e. The zero-order valence-electron chi connectivity index (χ0n) is 14.4. The van der Waals surface area contributed by atoms with Gasteiger partial charge in [0.1, 0.15) is 5.75 Å². The molecule has 0 aliphatic heterocycles. The second-order valence-electron chi connectivity index (χ2n) is 6.35. The second-order valence-corrected chi connectivity index (χ2v) is 6.35. The summed E-state index contributed by atoms with van der Waals surface area (Å²) in [7, 11) is 1.36. The van der Waals surface area contributed by atoms with Crippen LogP contribution in [0.15, 0.2) is 41.2 Å². The van der Waals surface area contributed by atoms with Gasteiger partial charge in [0.05, 0.1) is 7.11 Å². The van der Waals surface area contributed by atoms with E-state index in [1.807, 2.05) is 0 Å². The number of alkyl halides is 3. The Morgan fingerprint density at radius 2 is 1.85 bits per heavy atom. The molecule has 3 nitrogen and oxygen atoms in total. The fraction of sp³-hybridized carbons (Fsp3) is 0.350. The first kappa shape index (κ1) is 18.1. The van der Waals surface area contributed by atoms with E-state index in [-0.39, 0.29) is 17.0 Å². The van der Waals surface area contributed by atoms with Crippen LogP contribution in [0.1, 0.15) is 35.7 Å². The van der Waals surface area contributed by atoms with Gasteiger partial charge in [0, 0.05) is 23.2 Å². The fourth-order valence-corrected chi connectivity index (χ4v) is 2.78. The molecule has 0 amide bonds. The van der Waals surface area contributed by atoms with E-state index in [0.717, 1.165) is 23.5 Å². The lowest BCUT2D eigenvalue weighted by Gasteiger charge is -2.25. The summed E-state index contributed by atoms with van der Waals surface area (Å²) in [6.07, 6.45) is -2.45. The molecular weight excluding hydrogens is 343 g/mol. The van der Waals surface area contributed by atoms with Gasteiger partial charge in [-0.05, 0) is 43.5 Å². The minimum absolute atomic E-state index is 0.00941. The van der Waals surface area contributed by atoms with Crippen molar-refractivity contribution in [3.63, 3.8) is 0 Å². The minimum atomic E-state index is -4.62. The van der Waals surface area contributed by atoms with Crippen LogP contribution < -0.4 is 10.3 Å². The van der Waals surface area contributed by atoms with Gasteiger partial charge in [-0.2, -0.15) is 13.2 Å². The number of hydrogen-bond acceptors (Lipinski definition) is 2. The van der Waals surface area contributed by atoms with E-state index in [9.17, 15) is 18.0 Å². The molecule has 26 heavy (non-hydrogen) atoms. The summed E-state index contributed by atoms with van der Waals surface area (Å²) in [6, 6.07) is 6.29. The second kappa shape index (κ2) is 6.91. The van der Waals surface area contributed by atoms with Crippen molar-refractivity contribution in [2.24, 2.45) is 5.92 Å². The Hall–Kier alpha value is -2.68. The van der Waals surface area contributed by atoms with Gasteiger partial charge in [-0.25, -0.2) is 0 Å². The van der Waals surface area contributed by atoms with Crippen LogP contribution in [0.4, 0.5) is 13.2 Å². The monoisotopic (exact) mass is 361 g/mol. The van der Waals surface area contributed by atoms with Gasteiger partial charge in [0.15, 0.2) is 6.04 Å². The summed E-state index contributed by atoms with van der Waals surface area (Å²) >= 11 is 0. The molecule has 1 aromatic heterocycles. The molecule has 0 bridgehead atoms. The quantitative estimate of drug-likeness (QED) is 0.772. The number of aryl methyl sites for hydroxylation is 1. The van der Waals surface area contributed by atoms with Crippen LogP contribution in [-0.4, -0.2) is 17.9 Å². The molecule has 3 rings (SSSR count). The Labute approximate surface area is 149 Å². The zero-order chi connectivity index (χ0) is 18.9. The van der Waals surface area contributed by atoms with Crippen LogP contribution in [-0.2, 0) is 0 Å². The van der Waals surface area contributed by atoms with Crippen molar-refractivity contribution in [1.82, 2.24) is 4.57 Å². The van der Waals surface area contributed by atoms with E-state index < -0.39 is 17.8 Å². The van der Waals surface area contributed by atoms with Gasteiger partial charge in [0.2, 0.25) is 0 Å². The van der Waals surface area contributed by atoms with Gasteiger partial charge in [-0.1, -0.05) is 24.0 Å². The van der Waals surface area contributed by atoms with E-state index >= 15 is 0 Å². The Morgan fingerprint density at radius 1 is 1.19 bits per heavy atom. The molecule has 0 spiro atoms. The number of hydrogen-bond donors (Lipinski definition) is 0. The summed E-state index contributed by atoms with van der Waals surface area (Å²) < 4.78 is 47.0. The van der Waals surface area contributed by atoms with Crippen molar-refractivity contribution < 1.29 is 17.9 Å². The minimum Gasteiger partial charge on any atom is -0.496 e. The van der Waals surface area contributed by atoms with E-state index in [4.69, 9.17) is 4.74 Å². The first-order valence-electron chi connectivity index (χ1n) is 8.25. The van der Waals surface area contributed by atoms with Crippen LogP contribution in [0.5, 0.6) is 5.75 Å². The third-order valence-electron chi connectivity index (χ3n) is 4.26. The summed E-state index contributed by atoms with van der Waals surface area (Å²) in [5.41, 5.74) is 0.0706. The summed E-state index contributed by atoms with van der Waals surface area (Å²) in [6.45, 7) is 1.46. The molecular formula is C20H18F3NO2. The zero-order valence-corrected chi connectivity index (χ0v) is 14.4. The predicted octanol–water partition coefficient (Wildman–Crippen LogP) is 4.08. The van der Waals surface area contributed by atoms with Crippen molar-refractivity contribution >= 4 is 0 Å². The van der Waals surface area contributed by atoms with Crippen molar-refractivity contribution in [3.8, 4) is 17.6 Å². The Balaban J connectivity index is 2.02. The number of pyridine rings is 1. The maximum Gasteiger partial charge on any atom is 0.413 e. The molecule has 1 heterocycles. The lowest BCUT2D eigenvalue weighted by atomic mass is 10.0. The van der Waals surface area contributed by atoms with Crippen LogP contribution >= 0.6 is 0 Å². The molecule has 0 N–H and O–H groups in total. The normalized spacial score (nSPS) is 15.1. The van der Waals surface area contributed by atoms with Gasteiger partial charge in [0.25, 0.3) is 5.56 Å². The molecule has 1 saturated carbocycles. The molecule has 136 valence electrons. The van der Waals surface area contributed by atoms with Crippen LogP contribution in [0.3, 0.4) is 0 Å². The third-order valence-corrected chi connectivity index (χ3v) is 4.26. The van der Waals surface area contributed by atoms with Gasteiger partial charge < -0.3 is 4.74 Å². The standard InChI is InChI=1S/C20H18F3NO2/c1-13-11-17(26-2)12-18(25)24(13)19(20(21,22)23)16-9-7-15(8-10-16)6-5-14-3-4-14/h7-12,14,19H,3-4H2,1-2H3. The molecule has 1 atom stereocenters. The highest BCUT2D eigenvalue weighted by atomic mass is 19.4. The SMILES string of the molecule is COc1cc(C)n(C(c2ccc(C#CC3CC3)cc2)C(F)(F)F)c(=O)c1. The molecule has 2 aromatic rings. The number of rotatable bonds is 3. The summed E-state index contributed by atoms with van der Waals surface area (Å²) in [5.74, 6) is 6.69. The molecule has 0 saturated heterocycles. The Kier molecular flexibility index (Phi) is 4.82. The molecule has 1 aromatic carbocycles. The molecule has 1 aliphatic carbocycles. The Bertz CT molecular complexity index is 913. The first-order valence-corrected chi connectivity index (χ1v) is 8.25. The number of benzene rings is 1. The van der Waals surface area contributed by atoms with Crippen LogP contribution in [0.25, 0.3) is 0 Å². The lowest BCUT2D eigenvalue weighted by molar-refractivity contribution is -0.157. The molecule has 6 heteroatoms. The van der Waals surface area contributed by atoms with E-state index in [2.05, 4.69) is 11.8 Å². The van der Waals surface area contributed by atoms with E-state index in [1.165, 1.54) is 32.2 Å². The smallest absolute Gasteiger partial charge is 0.413 e. The number of nitrogens with zero attached hydrogens (tertiary/aromatic N) is 1. The maximum absolute atomic E-state index is 13.8. The number of ether oxygens (including phenoxy) is 1. The molecule has 0 radical (unpaired) electrons. The van der Waals surface area contributed by atoms with Crippen molar-refractivity contribution in [2.75, 3.05) is 7.11 Å². The molecule has 1 fully saturated rings. The highest BCUT2D eigenvalue weighted by molar-refractivity contribution is 5.39. The average molecular weight is 361 g/mol. The van der Waals surface area contributed by atoms with Crippen molar-refractivity contribution in [1.29, 1.82) is 0 Å². The maximum atomic E-state index is 13.8. The third kappa shape index (κ3) is 3.93. The van der Waals surface area contributed by atoms with Crippen molar-refractivity contribution in [2.45, 2.75) is 32.0 Å². The number of aromatic nitrogens is 1. The van der Waals surface area contributed by atoms with Crippen LogP contribution in [0.2, 0.25) is 0 Å². The van der Waals surface area contributed by atoms with Gasteiger partial charge in [-0.3, -0.25) is 9.36 Å². The summed E-state index contributed by atoms with van der Waals surface area (Å²) in [4.78, 5) is 12.3. The topological polar surface area (TPSA) is 31.2 Å². The van der Waals surface area contributed by atoms with E-state index in [1.54, 1.807) is 12.1 Å². The van der Waals surface area contributed by atoms with E-state index in [0.29, 0.717) is 11.5 Å². The van der Waals surface area contributed by atoms with Crippen LogP contribution in [0, 0.1) is 24.7 Å². The lowest BCUT2D eigenvalue weighted by Crippen LogP contribution is -2.36. The van der Waals surface area contributed by atoms with Gasteiger partial charge in [-0.15, -0.1) is 0 Å². The van der Waals surface area contributed by atoms with Gasteiger partial charge >= 0.3 is 6.18 Å². The first-order chi connectivity index (χ1) is 12.3. The highest BCUT2D eigenvalue weighted by Crippen LogP contribution is 2.36. The average Bonchev–Trinajstić information content (AvgIpc) is 3.40.